The summed E-state index contributed by atoms with van der Waals surface area (Å²) in [4.78, 5) is 0. The number of halogens is 1. The Morgan fingerprint density at radius 3 is 2.78 bits per heavy atom. The lowest BCUT2D eigenvalue weighted by atomic mass is 10.1. The van der Waals surface area contributed by atoms with Gasteiger partial charge >= 0.3 is 0 Å². The molecule has 0 saturated heterocycles. The Bertz CT molecular complexity index is 373. The SMILES string of the molecule is CCC(C)SCC(N)Cc1cc(OC)ccc1Br. The van der Waals surface area contributed by atoms with Crippen molar-refractivity contribution in [3.63, 3.8) is 0 Å². The quantitative estimate of drug-likeness (QED) is 0.823. The Balaban J connectivity index is 2.55. The second-order valence-electron chi connectivity index (χ2n) is 4.47. The van der Waals surface area contributed by atoms with Gasteiger partial charge < -0.3 is 10.5 Å². The minimum Gasteiger partial charge on any atom is -0.497 e. The first-order valence-corrected chi connectivity index (χ1v) is 8.10. The smallest absolute Gasteiger partial charge is 0.119 e. The molecule has 0 saturated carbocycles. The van der Waals surface area contributed by atoms with E-state index >= 15 is 0 Å². The third kappa shape index (κ3) is 5.21. The van der Waals surface area contributed by atoms with Gasteiger partial charge in [-0.1, -0.05) is 29.8 Å². The van der Waals surface area contributed by atoms with Crippen LogP contribution in [0.2, 0.25) is 0 Å². The number of ether oxygens (including phenoxy) is 1. The highest BCUT2D eigenvalue weighted by molar-refractivity contribution is 9.10. The molecule has 1 rings (SSSR count). The molecule has 2 N–H and O–H groups in total. The van der Waals surface area contributed by atoms with Gasteiger partial charge in [0.15, 0.2) is 0 Å². The molecule has 0 aromatic heterocycles. The molecule has 0 heterocycles. The van der Waals surface area contributed by atoms with Crippen LogP contribution in [-0.4, -0.2) is 24.2 Å². The van der Waals surface area contributed by atoms with E-state index < -0.39 is 0 Å². The van der Waals surface area contributed by atoms with Gasteiger partial charge in [0.1, 0.15) is 5.75 Å². The Morgan fingerprint density at radius 2 is 2.17 bits per heavy atom. The lowest BCUT2D eigenvalue weighted by Crippen LogP contribution is -2.26. The molecule has 18 heavy (non-hydrogen) atoms. The number of methoxy groups -OCH3 is 1. The zero-order chi connectivity index (χ0) is 13.5. The molecule has 0 amide bonds. The maximum absolute atomic E-state index is 6.19. The molecule has 0 radical (unpaired) electrons. The van der Waals surface area contributed by atoms with Crippen molar-refractivity contribution < 1.29 is 4.74 Å². The topological polar surface area (TPSA) is 35.2 Å². The molecule has 102 valence electrons. The number of rotatable bonds is 7. The normalized spacial score (nSPS) is 14.3. The molecule has 0 bridgehead atoms. The number of hydrogen-bond donors (Lipinski definition) is 1. The summed E-state index contributed by atoms with van der Waals surface area (Å²) in [6.07, 6.45) is 2.07. The van der Waals surface area contributed by atoms with Crippen LogP contribution in [0.3, 0.4) is 0 Å². The lowest BCUT2D eigenvalue weighted by Gasteiger charge is -2.15. The van der Waals surface area contributed by atoms with Gasteiger partial charge in [-0.3, -0.25) is 0 Å². The van der Waals surface area contributed by atoms with Crippen LogP contribution in [0.1, 0.15) is 25.8 Å². The molecule has 4 heteroatoms. The van der Waals surface area contributed by atoms with Crippen LogP contribution >= 0.6 is 27.7 Å². The first kappa shape index (κ1) is 15.9. The summed E-state index contributed by atoms with van der Waals surface area (Å²) in [5.74, 6) is 1.88. The van der Waals surface area contributed by atoms with Crippen LogP contribution in [0, 0.1) is 0 Å². The Morgan fingerprint density at radius 1 is 1.44 bits per heavy atom. The van der Waals surface area contributed by atoms with Crippen LogP contribution in [0.15, 0.2) is 22.7 Å². The molecule has 1 aromatic carbocycles. The number of hydrogen-bond acceptors (Lipinski definition) is 3. The summed E-state index contributed by atoms with van der Waals surface area (Å²) in [5.41, 5.74) is 7.40. The van der Waals surface area contributed by atoms with Gasteiger partial charge in [-0.15, -0.1) is 0 Å². The van der Waals surface area contributed by atoms with Crippen molar-refractivity contribution in [3.05, 3.63) is 28.2 Å². The van der Waals surface area contributed by atoms with Crippen LogP contribution in [-0.2, 0) is 6.42 Å². The first-order chi connectivity index (χ1) is 8.56. The van der Waals surface area contributed by atoms with E-state index in [0.717, 1.165) is 22.4 Å². The number of nitrogens with two attached hydrogens (primary N) is 1. The van der Waals surface area contributed by atoms with Gasteiger partial charge in [0, 0.05) is 21.5 Å². The third-order valence-electron chi connectivity index (χ3n) is 2.90. The molecule has 2 unspecified atom stereocenters. The summed E-state index contributed by atoms with van der Waals surface area (Å²) in [6.45, 7) is 4.46. The minimum atomic E-state index is 0.187. The zero-order valence-electron chi connectivity index (χ0n) is 11.3. The van der Waals surface area contributed by atoms with E-state index in [-0.39, 0.29) is 6.04 Å². The van der Waals surface area contributed by atoms with Gasteiger partial charge in [-0.25, -0.2) is 0 Å². The van der Waals surface area contributed by atoms with E-state index in [9.17, 15) is 0 Å². The largest absolute Gasteiger partial charge is 0.497 e. The first-order valence-electron chi connectivity index (χ1n) is 6.26. The van der Waals surface area contributed by atoms with Gasteiger partial charge in [0.05, 0.1) is 7.11 Å². The maximum atomic E-state index is 6.19. The summed E-state index contributed by atoms with van der Waals surface area (Å²) < 4.78 is 6.34. The zero-order valence-corrected chi connectivity index (χ0v) is 13.7. The van der Waals surface area contributed by atoms with Gasteiger partial charge in [-0.2, -0.15) is 11.8 Å². The monoisotopic (exact) mass is 331 g/mol. The van der Waals surface area contributed by atoms with Crippen LogP contribution in [0.5, 0.6) is 5.75 Å². The molecule has 0 spiro atoms. The average molecular weight is 332 g/mol. The molecule has 0 aliphatic rings. The predicted molar refractivity (Wildman–Crippen MR) is 84.6 cm³/mol. The van der Waals surface area contributed by atoms with Crippen molar-refractivity contribution in [2.45, 2.75) is 38.0 Å². The fourth-order valence-corrected chi connectivity index (χ4v) is 2.92. The van der Waals surface area contributed by atoms with E-state index in [1.165, 1.54) is 12.0 Å². The van der Waals surface area contributed by atoms with Crippen LogP contribution in [0.4, 0.5) is 0 Å². The van der Waals surface area contributed by atoms with E-state index in [2.05, 4.69) is 35.8 Å². The Kier molecular flexibility index (Phi) is 7.12. The highest BCUT2D eigenvalue weighted by Gasteiger charge is 2.10. The minimum absolute atomic E-state index is 0.187. The van der Waals surface area contributed by atoms with Gasteiger partial charge in [0.2, 0.25) is 0 Å². The molecule has 0 fully saturated rings. The van der Waals surface area contributed by atoms with Crippen molar-refractivity contribution in [3.8, 4) is 5.75 Å². The molecular weight excluding hydrogens is 310 g/mol. The van der Waals surface area contributed by atoms with E-state index in [1.54, 1.807) is 7.11 Å². The van der Waals surface area contributed by atoms with Gasteiger partial charge in [-0.05, 0) is 36.6 Å². The van der Waals surface area contributed by atoms with E-state index in [1.807, 2.05) is 23.9 Å². The third-order valence-corrected chi connectivity index (χ3v) is 5.20. The number of benzene rings is 1. The summed E-state index contributed by atoms with van der Waals surface area (Å²) in [5, 5.41) is 0.685. The summed E-state index contributed by atoms with van der Waals surface area (Å²) in [6, 6.07) is 6.21. The Labute approximate surface area is 123 Å². The van der Waals surface area contributed by atoms with Gasteiger partial charge in [0.25, 0.3) is 0 Å². The van der Waals surface area contributed by atoms with Crippen molar-refractivity contribution >= 4 is 27.7 Å². The van der Waals surface area contributed by atoms with Crippen molar-refractivity contribution in [2.24, 2.45) is 5.73 Å². The van der Waals surface area contributed by atoms with Crippen molar-refractivity contribution in [1.82, 2.24) is 0 Å². The Hall–Kier alpha value is -0.190. The average Bonchev–Trinajstić information content (AvgIpc) is 2.38. The highest BCUT2D eigenvalue weighted by Crippen LogP contribution is 2.24. The number of thioether (sulfide) groups is 1. The van der Waals surface area contributed by atoms with Crippen LogP contribution < -0.4 is 10.5 Å². The fourth-order valence-electron chi connectivity index (χ4n) is 1.58. The second kappa shape index (κ2) is 8.08. The van der Waals surface area contributed by atoms with Crippen molar-refractivity contribution in [2.75, 3.05) is 12.9 Å². The maximum Gasteiger partial charge on any atom is 0.119 e. The highest BCUT2D eigenvalue weighted by atomic mass is 79.9. The molecule has 0 aliphatic carbocycles. The molecule has 2 nitrogen and oxygen atoms in total. The predicted octanol–water partition coefficient (Wildman–Crippen LogP) is 3.86. The van der Waals surface area contributed by atoms with Crippen LogP contribution in [0.25, 0.3) is 0 Å². The molecule has 2 atom stereocenters. The second-order valence-corrected chi connectivity index (χ2v) is 6.80. The van der Waals surface area contributed by atoms with E-state index in [0.29, 0.717) is 5.25 Å². The van der Waals surface area contributed by atoms with E-state index in [4.69, 9.17) is 10.5 Å². The lowest BCUT2D eigenvalue weighted by molar-refractivity contribution is 0.414. The summed E-state index contributed by atoms with van der Waals surface area (Å²) >= 11 is 5.51. The summed E-state index contributed by atoms with van der Waals surface area (Å²) in [7, 11) is 1.69. The fraction of sp³-hybridized carbons (Fsp3) is 0.571. The standard InChI is InChI=1S/C14H22BrNOS/c1-4-10(2)18-9-12(16)7-11-8-13(17-3)5-6-14(11)15/h5-6,8,10,12H,4,7,9,16H2,1-3H3. The van der Waals surface area contributed by atoms with Crippen molar-refractivity contribution in [1.29, 1.82) is 0 Å². The molecule has 1 aromatic rings. The molecule has 0 aliphatic heterocycles. The molecular formula is C14H22BrNOS.